The number of ether oxygens (including phenoxy) is 1. The van der Waals surface area contributed by atoms with Gasteiger partial charge in [-0.15, -0.1) is 0 Å². The lowest BCUT2D eigenvalue weighted by Gasteiger charge is -2.15. The zero-order valence-corrected chi connectivity index (χ0v) is 18.4. The van der Waals surface area contributed by atoms with Crippen molar-refractivity contribution in [3.05, 3.63) is 52.8 Å². The average Bonchev–Trinajstić information content (AvgIpc) is 3.36. The van der Waals surface area contributed by atoms with Gasteiger partial charge in [0.2, 0.25) is 10.0 Å². The fraction of sp³-hybridized carbons (Fsp3) is 0.429. The molecular formula is C21H28N4O4S. The maximum Gasteiger partial charge on any atom is 0.271 e. The van der Waals surface area contributed by atoms with E-state index in [1.807, 2.05) is 19.9 Å². The fourth-order valence-corrected chi connectivity index (χ4v) is 5.15. The number of nitrogens with zero attached hydrogens (tertiary/aromatic N) is 3. The molecule has 0 radical (unpaired) electrons. The highest BCUT2D eigenvalue weighted by molar-refractivity contribution is 7.89. The topological polar surface area (TPSA) is 93.0 Å². The molecule has 0 unspecified atom stereocenters. The Morgan fingerprint density at radius 1 is 1.23 bits per heavy atom. The Bertz CT molecular complexity index is 1040. The number of hydrazone groups is 1. The summed E-state index contributed by atoms with van der Waals surface area (Å²) in [7, 11) is -1.91. The number of carbonyl (C=O) groups is 1. The van der Waals surface area contributed by atoms with Crippen molar-refractivity contribution < 1.29 is 17.9 Å². The molecule has 30 heavy (non-hydrogen) atoms. The Morgan fingerprint density at radius 2 is 1.97 bits per heavy atom. The van der Waals surface area contributed by atoms with Crippen LogP contribution in [-0.2, 0) is 21.3 Å². The largest absolute Gasteiger partial charge is 0.383 e. The Labute approximate surface area is 177 Å². The van der Waals surface area contributed by atoms with Crippen LogP contribution in [0, 0.1) is 13.8 Å². The molecule has 1 aromatic heterocycles. The second kappa shape index (κ2) is 9.55. The van der Waals surface area contributed by atoms with E-state index in [4.69, 9.17) is 4.74 Å². The number of carbonyl (C=O) groups excluding carboxylic acids is 1. The second-order valence-electron chi connectivity index (χ2n) is 7.31. The summed E-state index contributed by atoms with van der Waals surface area (Å²) in [5.74, 6) is -0.460. The molecule has 1 aliphatic rings. The third kappa shape index (κ3) is 4.80. The number of sulfonamides is 1. The van der Waals surface area contributed by atoms with Crippen LogP contribution >= 0.6 is 0 Å². The van der Waals surface area contributed by atoms with E-state index in [0.29, 0.717) is 19.7 Å². The molecule has 1 fully saturated rings. The van der Waals surface area contributed by atoms with Crippen molar-refractivity contribution in [1.82, 2.24) is 14.3 Å². The molecule has 1 amide bonds. The van der Waals surface area contributed by atoms with Gasteiger partial charge in [0.25, 0.3) is 5.91 Å². The van der Waals surface area contributed by atoms with Crippen LogP contribution in [0.5, 0.6) is 0 Å². The third-order valence-corrected chi connectivity index (χ3v) is 7.20. The Morgan fingerprint density at radius 3 is 2.67 bits per heavy atom. The number of aromatic nitrogens is 1. The standard InChI is InChI=1S/C21H28N4O4S/c1-16-13-19(17(2)25(16)11-12-29-3)15-22-23-21(26)18-7-6-8-20(14-18)30(27,28)24-9-4-5-10-24/h6-8,13-15H,4-5,9-12H2,1-3H3,(H,23,26)/b22-15+. The van der Waals surface area contributed by atoms with E-state index in [9.17, 15) is 13.2 Å². The van der Waals surface area contributed by atoms with Crippen molar-refractivity contribution in [3.8, 4) is 0 Å². The van der Waals surface area contributed by atoms with Crippen molar-refractivity contribution in [2.24, 2.45) is 5.10 Å². The predicted octanol–water partition coefficient (Wildman–Crippen LogP) is 2.30. The average molecular weight is 433 g/mol. The summed E-state index contributed by atoms with van der Waals surface area (Å²) in [5.41, 5.74) is 5.74. The number of rotatable bonds is 8. The van der Waals surface area contributed by atoms with Crippen LogP contribution in [0.15, 0.2) is 40.3 Å². The molecule has 0 bridgehead atoms. The van der Waals surface area contributed by atoms with Crippen LogP contribution < -0.4 is 5.43 Å². The van der Waals surface area contributed by atoms with Gasteiger partial charge in [0.05, 0.1) is 17.7 Å². The zero-order valence-electron chi connectivity index (χ0n) is 17.6. The smallest absolute Gasteiger partial charge is 0.271 e. The van der Waals surface area contributed by atoms with Gasteiger partial charge in [-0.1, -0.05) is 6.07 Å². The number of aryl methyl sites for hydroxylation is 1. The van der Waals surface area contributed by atoms with Gasteiger partial charge in [-0.3, -0.25) is 4.79 Å². The summed E-state index contributed by atoms with van der Waals surface area (Å²) in [5, 5.41) is 4.05. The Hall–Kier alpha value is -2.49. The number of methoxy groups -OCH3 is 1. The summed E-state index contributed by atoms with van der Waals surface area (Å²) >= 11 is 0. The molecule has 0 aliphatic carbocycles. The molecule has 162 valence electrons. The summed E-state index contributed by atoms with van der Waals surface area (Å²) in [4.78, 5) is 12.6. The van der Waals surface area contributed by atoms with Gasteiger partial charge in [0, 0.05) is 49.3 Å². The summed E-state index contributed by atoms with van der Waals surface area (Å²) in [6.45, 7) is 6.38. The quantitative estimate of drug-likeness (QED) is 0.512. The van der Waals surface area contributed by atoms with Gasteiger partial charge >= 0.3 is 0 Å². The molecule has 2 heterocycles. The van der Waals surface area contributed by atoms with Crippen molar-refractivity contribution in [2.75, 3.05) is 26.8 Å². The predicted molar refractivity (Wildman–Crippen MR) is 115 cm³/mol. The first-order valence-electron chi connectivity index (χ1n) is 9.94. The molecule has 0 saturated carbocycles. The van der Waals surface area contributed by atoms with E-state index in [1.54, 1.807) is 25.5 Å². The van der Waals surface area contributed by atoms with Crippen molar-refractivity contribution in [1.29, 1.82) is 0 Å². The van der Waals surface area contributed by atoms with Crippen LogP contribution in [0.25, 0.3) is 0 Å². The molecule has 0 atom stereocenters. The van der Waals surface area contributed by atoms with Gasteiger partial charge in [0.15, 0.2) is 0 Å². The minimum absolute atomic E-state index is 0.128. The van der Waals surface area contributed by atoms with Crippen LogP contribution in [0.2, 0.25) is 0 Å². The first-order valence-corrected chi connectivity index (χ1v) is 11.4. The van der Waals surface area contributed by atoms with Gasteiger partial charge < -0.3 is 9.30 Å². The number of hydrogen-bond acceptors (Lipinski definition) is 5. The van der Waals surface area contributed by atoms with Crippen molar-refractivity contribution >= 4 is 22.1 Å². The van der Waals surface area contributed by atoms with Crippen molar-refractivity contribution in [2.45, 2.75) is 38.1 Å². The van der Waals surface area contributed by atoms with E-state index in [1.165, 1.54) is 16.4 Å². The zero-order chi connectivity index (χ0) is 21.7. The molecule has 8 nitrogen and oxygen atoms in total. The molecule has 3 rings (SSSR count). The summed E-state index contributed by atoms with van der Waals surface area (Å²) in [6.07, 6.45) is 3.31. The second-order valence-corrected chi connectivity index (χ2v) is 9.25. The molecular weight excluding hydrogens is 404 g/mol. The Kier molecular flexibility index (Phi) is 7.06. The maximum absolute atomic E-state index is 12.7. The van der Waals surface area contributed by atoms with Crippen LogP contribution in [0.1, 0.15) is 40.2 Å². The SMILES string of the molecule is COCCn1c(C)cc(/C=N/NC(=O)c2cccc(S(=O)(=O)N3CCCC3)c2)c1C. The van der Waals surface area contributed by atoms with Gasteiger partial charge in [-0.25, -0.2) is 13.8 Å². The lowest BCUT2D eigenvalue weighted by molar-refractivity contribution is 0.0955. The molecule has 9 heteroatoms. The monoisotopic (exact) mass is 432 g/mol. The number of amides is 1. The van der Waals surface area contributed by atoms with E-state index in [2.05, 4.69) is 15.1 Å². The highest BCUT2D eigenvalue weighted by Gasteiger charge is 2.27. The highest BCUT2D eigenvalue weighted by atomic mass is 32.2. The minimum Gasteiger partial charge on any atom is -0.383 e. The van der Waals surface area contributed by atoms with Gasteiger partial charge in [-0.05, 0) is 51.0 Å². The van der Waals surface area contributed by atoms with Gasteiger partial charge in [-0.2, -0.15) is 9.41 Å². The number of nitrogens with one attached hydrogen (secondary N) is 1. The van der Waals surface area contributed by atoms with Crippen molar-refractivity contribution in [3.63, 3.8) is 0 Å². The molecule has 1 aromatic carbocycles. The molecule has 1 aliphatic heterocycles. The van der Waals surface area contributed by atoms with E-state index in [-0.39, 0.29) is 10.5 Å². The lowest BCUT2D eigenvalue weighted by atomic mass is 10.2. The minimum atomic E-state index is -3.57. The maximum atomic E-state index is 12.7. The van der Waals surface area contributed by atoms with Crippen LogP contribution in [-0.4, -0.2) is 56.2 Å². The van der Waals surface area contributed by atoms with E-state index >= 15 is 0 Å². The Balaban J connectivity index is 1.70. The molecule has 2 aromatic rings. The first kappa shape index (κ1) is 22.2. The molecule has 1 saturated heterocycles. The fourth-order valence-electron chi connectivity index (χ4n) is 3.59. The normalized spacial score (nSPS) is 15.2. The van der Waals surface area contributed by atoms with Crippen LogP contribution in [0.3, 0.4) is 0 Å². The highest BCUT2D eigenvalue weighted by Crippen LogP contribution is 2.21. The summed E-state index contributed by atoms with van der Waals surface area (Å²) in [6, 6.07) is 8.05. The first-order chi connectivity index (χ1) is 14.3. The molecule has 1 N–H and O–H groups in total. The summed E-state index contributed by atoms with van der Waals surface area (Å²) < 4.78 is 34.1. The number of hydrogen-bond donors (Lipinski definition) is 1. The van der Waals surface area contributed by atoms with E-state index < -0.39 is 15.9 Å². The van der Waals surface area contributed by atoms with Gasteiger partial charge in [0.1, 0.15) is 0 Å². The lowest BCUT2D eigenvalue weighted by Crippen LogP contribution is -2.28. The molecule has 0 spiro atoms. The third-order valence-electron chi connectivity index (χ3n) is 5.30. The number of benzene rings is 1. The van der Waals surface area contributed by atoms with E-state index in [0.717, 1.165) is 36.3 Å². The van der Waals surface area contributed by atoms with Crippen LogP contribution in [0.4, 0.5) is 0 Å².